The largest absolute Gasteiger partial charge is 0.306 e. The number of hydrogen-bond acceptors (Lipinski definition) is 1. The van der Waals surface area contributed by atoms with Gasteiger partial charge in [-0.15, -0.1) is 11.6 Å². The van der Waals surface area contributed by atoms with E-state index in [2.05, 4.69) is 43.1 Å². The number of hydrogen-bond donors (Lipinski definition) is 0. The first kappa shape index (κ1) is 13.5. The molecular formula is C14H22ClN. The van der Waals surface area contributed by atoms with Gasteiger partial charge in [0.1, 0.15) is 0 Å². The lowest BCUT2D eigenvalue weighted by Gasteiger charge is -2.15. The number of likely N-dealkylation sites (N-methyl/N-ethyl adjacent to an activating group) is 1. The molecule has 0 aliphatic rings. The highest BCUT2D eigenvalue weighted by atomic mass is 35.5. The summed E-state index contributed by atoms with van der Waals surface area (Å²) in [5.41, 5.74) is 2.84. The first-order valence-corrected chi connectivity index (χ1v) is 6.62. The van der Waals surface area contributed by atoms with Crippen LogP contribution in [0.2, 0.25) is 0 Å². The lowest BCUT2D eigenvalue weighted by Crippen LogP contribution is -2.22. The quantitative estimate of drug-likeness (QED) is 0.660. The van der Waals surface area contributed by atoms with Crippen LogP contribution in [-0.4, -0.2) is 30.9 Å². The number of alkyl halides is 1. The average Bonchev–Trinajstić information content (AvgIpc) is 2.34. The Morgan fingerprint density at radius 1 is 1.06 bits per heavy atom. The van der Waals surface area contributed by atoms with E-state index in [9.17, 15) is 0 Å². The molecule has 1 nitrogen and oxygen atoms in total. The van der Waals surface area contributed by atoms with E-state index in [-0.39, 0.29) is 0 Å². The second-order valence-electron chi connectivity index (χ2n) is 4.27. The van der Waals surface area contributed by atoms with E-state index >= 15 is 0 Å². The van der Waals surface area contributed by atoms with Crippen molar-refractivity contribution in [2.24, 2.45) is 0 Å². The average molecular weight is 240 g/mol. The van der Waals surface area contributed by atoms with Gasteiger partial charge in [0.05, 0.1) is 0 Å². The van der Waals surface area contributed by atoms with Crippen molar-refractivity contribution in [2.75, 3.05) is 26.0 Å². The summed E-state index contributed by atoms with van der Waals surface area (Å²) < 4.78 is 0. The van der Waals surface area contributed by atoms with E-state index < -0.39 is 0 Å². The molecule has 90 valence electrons. The van der Waals surface area contributed by atoms with E-state index in [1.807, 2.05) is 0 Å². The standard InChI is InChI=1S/C14H22ClN/c1-3-13-5-7-14(8-6-13)9-12-16(2)11-4-10-15/h5-8H,3-4,9-12H2,1-2H3. The van der Waals surface area contributed by atoms with E-state index in [1.165, 1.54) is 11.1 Å². The minimum atomic E-state index is 0.759. The number of halogens is 1. The van der Waals surface area contributed by atoms with Gasteiger partial charge in [-0.3, -0.25) is 0 Å². The van der Waals surface area contributed by atoms with Crippen LogP contribution in [0.5, 0.6) is 0 Å². The molecule has 1 aromatic rings. The molecule has 0 unspecified atom stereocenters. The highest BCUT2D eigenvalue weighted by Gasteiger charge is 1.99. The molecule has 0 aromatic heterocycles. The van der Waals surface area contributed by atoms with Gasteiger partial charge in [0.15, 0.2) is 0 Å². The normalized spacial score (nSPS) is 11.0. The van der Waals surface area contributed by atoms with Crippen molar-refractivity contribution in [3.63, 3.8) is 0 Å². The van der Waals surface area contributed by atoms with Crippen LogP contribution < -0.4 is 0 Å². The molecule has 0 N–H and O–H groups in total. The highest BCUT2D eigenvalue weighted by Crippen LogP contribution is 2.06. The Morgan fingerprint density at radius 3 is 2.25 bits per heavy atom. The van der Waals surface area contributed by atoms with Gasteiger partial charge in [-0.2, -0.15) is 0 Å². The molecule has 0 saturated heterocycles. The Morgan fingerprint density at radius 2 is 1.69 bits per heavy atom. The van der Waals surface area contributed by atoms with Crippen LogP contribution in [0, 0.1) is 0 Å². The molecule has 0 fully saturated rings. The predicted molar refractivity (Wildman–Crippen MR) is 72.4 cm³/mol. The van der Waals surface area contributed by atoms with Crippen LogP contribution in [-0.2, 0) is 12.8 Å². The van der Waals surface area contributed by atoms with Gasteiger partial charge in [-0.05, 0) is 44.0 Å². The highest BCUT2D eigenvalue weighted by molar-refractivity contribution is 6.17. The third-order valence-corrected chi connectivity index (χ3v) is 3.15. The number of nitrogens with zero attached hydrogens (tertiary/aromatic N) is 1. The molecule has 0 amide bonds. The van der Waals surface area contributed by atoms with Gasteiger partial charge < -0.3 is 4.90 Å². The summed E-state index contributed by atoms with van der Waals surface area (Å²) in [5, 5.41) is 0. The van der Waals surface area contributed by atoms with E-state index in [1.54, 1.807) is 0 Å². The Bertz CT molecular complexity index is 281. The number of aryl methyl sites for hydroxylation is 1. The van der Waals surface area contributed by atoms with E-state index in [0.717, 1.165) is 38.2 Å². The lowest BCUT2D eigenvalue weighted by molar-refractivity contribution is 0.340. The zero-order valence-electron chi connectivity index (χ0n) is 10.4. The van der Waals surface area contributed by atoms with Crippen LogP contribution in [0.25, 0.3) is 0 Å². The first-order chi connectivity index (χ1) is 7.76. The molecule has 0 spiro atoms. The summed E-state index contributed by atoms with van der Waals surface area (Å²) in [5.74, 6) is 0.759. The van der Waals surface area contributed by atoms with Crippen molar-refractivity contribution in [3.05, 3.63) is 35.4 Å². The maximum absolute atomic E-state index is 5.67. The zero-order chi connectivity index (χ0) is 11.8. The maximum Gasteiger partial charge on any atom is 0.0235 e. The Hall–Kier alpha value is -0.530. The smallest absolute Gasteiger partial charge is 0.0235 e. The van der Waals surface area contributed by atoms with Gasteiger partial charge in [-0.25, -0.2) is 0 Å². The van der Waals surface area contributed by atoms with Crippen LogP contribution >= 0.6 is 11.6 Å². The topological polar surface area (TPSA) is 3.24 Å². The van der Waals surface area contributed by atoms with Crippen molar-refractivity contribution in [1.82, 2.24) is 4.90 Å². The summed E-state index contributed by atoms with van der Waals surface area (Å²) in [7, 11) is 2.16. The first-order valence-electron chi connectivity index (χ1n) is 6.08. The molecule has 1 aromatic carbocycles. The van der Waals surface area contributed by atoms with E-state index in [4.69, 9.17) is 11.6 Å². The monoisotopic (exact) mass is 239 g/mol. The molecule has 0 heterocycles. The minimum absolute atomic E-state index is 0.759. The van der Waals surface area contributed by atoms with Crippen LogP contribution in [0.3, 0.4) is 0 Å². The lowest BCUT2D eigenvalue weighted by atomic mass is 10.1. The van der Waals surface area contributed by atoms with Crippen LogP contribution in [0.4, 0.5) is 0 Å². The summed E-state index contributed by atoms with van der Waals surface area (Å²) in [6.45, 7) is 4.40. The van der Waals surface area contributed by atoms with E-state index in [0.29, 0.717) is 0 Å². The minimum Gasteiger partial charge on any atom is -0.306 e. The number of benzene rings is 1. The second-order valence-corrected chi connectivity index (χ2v) is 4.64. The van der Waals surface area contributed by atoms with Crippen molar-refractivity contribution in [1.29, 1.82) is 0 Å². The molecule has 0 saturated carbocycles. The fourth-order valence-electron chi connectivity index (χ4n) is 1.70. The molecule has 1 rings (SSSR count). The fourth-order valence-corrected chi connectivity index (χ4v) is 1.82. The Labute approximate surface area is 104 Å². The molecule has 0 aliphatic heterocycles. The Balaban J connectivity index is 2.30. The maximum atomic E-state index is 5.67. The Kier molecular flexibility index (Phi) is 6.51. The second kappa shape index (κ2) is 7.70. The molecular weight excluding hydrogens is 218 g/mol. The van der Waals surface area contributed by atoms with Gasteiger partial charge >= 0.3 is 0 Å². The van der Waals surface area contributed by atoms with Gasteiger partial charge in [0.25, 0.3) is 0 Å². The molecule has 0 radical (unpaired) electrons. The summed E-state index contributed by atoms with van der Waals surface area (Å²) in [4.78, 5) is 2.34. The van der Waals surface area contributed by atoms with Crippen molar-refractivity contribution in [2.45, 2.75) is 26.2 Å². The van der Waals surface area contributed by atoms with Crippen LogP contribution in [0.1, 0.15) is 24.5 Å². The molecule has 0 atom stereocenters. The van der Waals surface area contributed by atoms with Crippen molar-refractivity contribution in [3.8, 4) is 0 Å². The summed E-state index contributed by atoms with van der Waals surface area (Å²) >= 11 is 5.67. The third-order valence-electron chi connectivity index (χ3n) is 2.89. The summed E-state index contributed by atoms with van der Waals surface area (Å²) in [6.07, 6.45) is 3.32. The van der Waals surface area contributed by atoms with Gasteiger partial charge in [0, 0.05) is 12.4 Å². The van der Waals surface area contributed by atoms with Crippen LogP contribution in [0.15, 0.2) is 24.3 Å². The predicted octanol–water partition coefficient (Wildman–Crippen LogP) is 3.35. The zero-order valence-corrected chi connectivity index (χ0v) is 11.1. The SMILES string of the molecule is CCc1ccc(CCN(C)CCCCl)cc1. The summed E-state index contributed by atoms with van der Waals surface area (Å²) in [6, 6.07) is 8.95. The van der Waals surface area contributed by atoms with Crippen molar-refractivity contribution < 1.29 is 0 Å². The fraction of sp³-hybridized carbons (Fsp3) is 0.571. The van der Waals surface area contributed by atoms with Crippen molar-refractivity contribution >= 4 is 11.6 Å². The molecule has 16 heavy (non-hydrogen) atoms. The molecule has 0 aliphatic carbocycles. The number of rotatable bonds is 7. The van der Waals surface area contributed by atoms with Gasteiger partial charge in [0.2, 0.25) is 0 Å². The molecule has 0 bridgehead atoms. The van der Waals surface area contributed by atoms with Gasteiger partial charge in [-0.1, -0.05) is 31.2 Å². The third kappa shape index (κ3) is 5.00. The molecule has 2 heteroatoms.